The molecular formula is C20H27N5O. The number of amides is 2. The Labute approximate surface area is 154 Å². The van der Waals surface area contributed by atoms with E-state index in [-0.39, 0.29) is 12.1 Å². The average molecular weight is 353 g/mol. The molecule has 2 aliphatic rings. The number of carbonyl (C=O) groups is 1. The number of urea groups is 1. The summed E-state index contributed by atoms with van der Waals surface area (Å²) in [6.45, 7) is 4.39. The number of piperidine rings is 1. The van der Waals surface area contributed by atoms with Crippen molar-refractivity contribution in [3.63, 3.8) is 0 Å². The highest BCUT2D eigenvalue weighted by Gasteiger charge is 2.32. The lowest BCUT2D eigenvalue weighted by molar-refractivity contribution is 0.144. The monoisotopic (exact) mass is 353 g/mol. The van der Waals surface area contributed by atoms with Crippen LogP contribution in [0.25, 0.3) is 0 Å². The molecule has 26 heavy (non-hydrogen) atoms. The van der Waals surface area contributed by atoms with Gasteiger partial charge in [-0.2, -0.15) is 0 Å². The maximum absolute atomic E-state index is 12.9. The number of likely N-dealkylation sites (tertiary alicyclic amines) is 1. The quantitative estimate of drug-likeness (QED) is 0.920. The van der Waals surface area contributed by atoms with E-state index in [9.17, 15) is 4.79 Å². The molecule has 2 aromatic rings. The lowest BCUT2D eigenvalue weighted by atomic mass is 10.0. The fourth-order valence-electron chi connectivity index (χ4n) is 4.01. The summed E-state index contributed by atoms with van der Waals surface area (Å²) in [5.41, 5.74) is 2.35. The van der Waals surface area contributed by atoms with Gasteiger partial charge in [-0.05, 0) is 44.6 Å². The Bertz CT molecular complexity index is 767. The van der Waals surface area contributed by atoms with E-state index in [0.717, 1.165) is 56.0 Å². The fourth-order valence-corrected chi connectivity index (χ4v) is 4.01. The summed E-state index contributed by atoms with van der Waals surface area (Å²) in [6, 6.07) is 8.34. The van der Waals surface area contributed by atoms with Gasteiger partial charge in [0.25, 0.3) is 0 Å². The van der Waals surface area contributed by atoms with Crippen LogP contribution in [0.15, 0.2) is 24.3 Å². The summed E-state index contributed by atoms with van der Waals surface area (Å²) >= 11 is 0. The minimum atomic E-state index is 0.00318. The first-order valence-electron chi connectivity index (χ1n) is 9.74. The summed E-state index contributed by atoms with van der Waals surface area (Å²) < 4.78 is 2.25. The summed E-state index contributed by atoms with van der Waals surface area (Å²) in [6.07, 6.45) is 6.51. The highest BCUT2D eigenvalue weighted by atomic mass is 16.2. The van der Waals surface area contributed by atoms with Crippen LogP contribution in [0.5, 0.6) is 0 Å². The van der Waals surface area contributed by atoms with E-state index in [1.54, 1.807) is 0 Å². The van der Waals surface area contributed by atoms with Crippen LogP contribution in [0.1, 0.15) is 60.9 Å². The Morgan fingerprint density at radius 1 is 1.12 bits per heavy atom. The van der Waals surface area contributed by atoms with Gasteiger partial charge >= 0.3 is 6.03 Å². The lowest BCUT2D eigenvalue weighted by Gasteiger charge is -2.35. The minimum absolute atomic E-state index is 0.00318. The van der Waals surface area contributed by atoms with Crippen molar-refractivity contribution >= 4 is 6.03 Å². The summed E-state index contributed by atoms with van der Waals surface area (Å²) in [7, 11) is 0. The second-order valence-corrected chi connectivity index (χ2v) is 7.43. The zero-order valence-corrected chi connectivity index (χ0v) is 15.4. The molecule has 6 heteroatoms. The molecule has 0 bridgehead atoms. The van der Waals surface area contributed by atoms with Crippen molar-refractivity contribution in [1.29, 1.82) is 0 Å². The normalized spacial score (nSPS) is 19.9. The maximum atomic E-state index is 12.9. The second kappa shape index (κ2) is 7.48. The number of nitrogens with zero attached hydrogens (tertiary/aromatic N) is 4. The Morgan fingerprint density at radius 2 is 1.92 bits per heavy atom. The molecule has 0 spiro atoms. The molecule has 1 atom stereocenters. The third kappa shape index (κ3) is 3.45. The van der Waals surface area contributed by atoms with Crippen molar-refractivity contribution in [1.82, 2.24) is 25.0 Å². The molecule has 0 radical (unpaired) electrons. The van der Waals surface area contributed by atoms with Crippen molar-refractivity contribution in [3.05, 3.63) is 47.0 Å². The van der Waals surface area contributed by atoms with Crippen molar-refractivity contribution in [3.8, 4) is 0 Å². The van der Waals surface area contributed by atoms with E-state index in [4.69, 9.17) is 0 Å². The number of hydrogen-bond acceptors (Lipinski definition) is 3. The van der Waals surface area contributed by atoms with Gasteiger partial charge in [-0.25, -0.2) is 4.79 Å². The first-order chi connectivity index (χ1) is 12.7. The van der Waals surface area contributed by atoms with Gasteiger partial charge in [0.1, 0.15) is 5.82 Å². The van der Waals surface area contributed by atoms with Crippen LogP contribution in [0.4, 0.5) is 4.79 Å². The molecule has 4 rings (SSSR count). The molecule has 0 saturated carbocycles. The molecule has 2 aliphatic heterocycles. The molecule has 1 saturated heterocycles. The topological polar surface area (TPSA) is 63.1 Å². The van der Waals surface area contributed by atoms with Crippen LogP contribution in [0, 0.1) is 6.92 Å². The second-order valence-electron chi connectivity index (χ2n) is 7.43. The Hall–Kier alpha value is -2.37. The Balaban J connectivity index is 1.47. The predicted octanol–water partition coefficient (Wildman–Crippen LogP) is 3.36. The predicted molar refractivity (Wildman–Crippen MR) is 99.7 cm³/mol. The van der Waals surface area contributed by atoms with Gasteiger partial charge in [-0.1, -0.05) is 29.8 Å². The number of aryl methyl sites for hydroxylation is 2. The van der Waals surface area contributed by atoms with E-state index in [1.807, 2.05) is 4.90 Å². The van der Waals surface area contributed by atoms with Crippen LogP contribution in [0.3, 0.4) is 0 Å². The first-order valence-corrected chi connectivity index (χ1v) is 9.74. The van der Waals surface area contributed by atoms with Gasteiger partial charge in [-0.15, -0.1) is 10.2 Å². The summed E-state index contributed by atoms with van der Waals surface area (Å²) in [5.74, 6) is 2.06. The van der Waals surface area contributed by atoms with Gasteiger partial charge in [0.05, 0.1) is 6.04 Å². The number of hydrogen-bond donors (Lipinski definition) is 1. The van der Waals surface area contributed by atoms with Gasteiger partial charge in [0.15, 0.2) is 5.82 Å². The summed E-state index contributed by atoms with van der Waals surface area (Å²) in [5, 5.41) is 11.9. The molecule has 3 heterocycles. The Morgan fingerprint density at radius 3 is 2.77 bits per heavy atom. The zero-order chi connectivity index (χ0) is 17.9. The first kappa shape index (κ1) is 17.1. The molecule has 1 unspecified atom stereocenters. The molecule has 138 valence electrons. The lowest BCUT2D eigenvalue weighted by Crippen LogP contribution is -2.45. The minimum Gasteiger partial charge on any atom is -0.334 e. The average Bonchev–Trinajstić information content (AvgIpc) is 3.11. The van der Waals surface area contributed by atoms with Gasteiger partial charge in [0.2, 0.25) is 0 Å². The number of fused-ring (bicyclic) bond motifs is 1. The highest BCUT2D eigenvalue weighted by Crippen LogP contribution is 2.31. The largest absolute Gasteiger partial charge is 0.334 e. The Kier molecular flexibility index (Phi) is 4.91. The third-order valence-corrected chi connectivity index (χ3v) is 5.51. The van der Waals surface area contributed by atoms with E-state index < -0.39 is 0 Å². The molecule has 1 N–H and O–H groups in total. The van der Waals surface area contributed by atoms with Crippen molar-refractivity contribution in [2.24, 2.45) is 0 Å². The molecule has 2 amide bonds. The van der Waals surface area contributed by atoms with Crippen LogP contribution in [0.2, 0.25) is 0 Å². The summed E-state index contributed by atoms with van der Waals surface area (Å²) in [4.78, 5) is 14.8. The maximum Gasteiger partial charge on any atom is 0.318 e. The smallest absolute Gasteiger partial charge is 0.318 e. The van der Waals surface area contributed by atoms with Crippen molar-refractivity contribution < 1.29 is 4.79 Å². The number of rotatable bonds is 3. The van der Waals surface area contributed by atoms with E-state index in [1.165, 1.54) is 18.4 Å². The van der Waals surface area contributed by atoms with Crippen molar-refractivity contribution in [2.45, 2.75) is 64.6 Å². The molecular weight excluding hydrogens is 326 g/mol. The van der Waals surface area contributed by atoms with Gasteiger partial charge < -0.3 is 14.8 Å². The van der Waals surface area contributed by atoms with E-state index >= 15 is 0 Å². The van der Waals surface area contributed by atoms with Crippen molar-refractivity contribution in [2.75, 3.05) is 6.54 Å². The SMILES string of the molecule is Cc1ccc(CNC(=O)N2CCCCC2c2nnc3n2CCCC3)cc1. The zero-order valence-electron chi connectivity index (χ0n) is 15.4. The standard InChI is InChI=1S/C20H27N5O/c1-15-8-10-16(11-9-15)14-21-20(26)24-12-4-2-6-17(24)19-23-22-18-7-3-5-13-25(18)19/h8-11,17H,2-7,12-14H2,1H3,(H,21,26). The number of nitrogens with one attached hydrogen (secondary N) is 1. The molecule has 1 fully saturated rings. The number of benzene rings is 1. The molecule has 6 nitrogen and oxygen atoms in total. The number of carbonyl (C=O) groups excluding carboxylic acids is 1. The van der Waals surface area contributed by atoms with Crippen LogP contribution >= 0.6 is 0 Å². The highest BCUT2D eigenvalue weighted by molar-refractivity contribution is 5.74. The van der Waals surface area contributed by atoms with Crippen LogP contribution < -0.4 is 5.32 Å². The fraction of sp³-hybridized carbons (Fsp3) is 0.550. The van der Waals surface area contributed by atoms with Gasteiger partial charge in [-0.3, -0.25) is 0 Å². The third-order valence-electron chi connectivity index (χ3n) is 5.51. The van der Waals surface area contributed by atoms with Crippen LogP contribution in [-0.4, -0.2) is 32.2 Å². The number of aromatic nitrogens is 3. The van der Waals surface area contributed by atoms with E-state index in [2.05, 4.69) is 51.3 Å². The molecule has 0 aliphatic carbocycles. The van der Waals surface area contributed by atoms with E-state index in [0.29, 0.717) is 6.54 Å². The molecule has 1 aromatic carbocycles. The van der Waals surface area contributed by atoms with Crippen LogP contribution in [-0.2, 0) is 19.5 Å². The van der Waals surface area contributed by atoms with Gasteiger partial charge in [0, 0.05) is 26.1 Å². The molecule has 1 aromatic heterocycles.